The lowest BCUT2D eigenvalue weighted by Crippen LogP contribution is -2.48. The van der Waals surface area contributed by atoms with Crippen molar-refractivity contribution in [1.29, 1.82) is 0 Å². The molecular weight excluding hydrogens is 244 g/mol. The van der Waals surface area contributed by atoms with E-state index in [-0.39, 0.29) is 5.91 Å². The maximum Gasteiger partial charge on any atom is 0.257 e. The van der Waals surface area contributed by atoms with Crippen LogP contribution in [0, 0.1) is 0 Å². The summed E-state index contributed by atoms with van der Waals surface area (Å²) in [6.45, 7) is 2.32. The molecule has 1 aromatic heterocycles. The molecule has 102 valence electrons. The summed E-state index contributed by atoms with van der Waals surface area (Å²) in [6, 6.07) is 3.55. The molecule has 1 aromatic rings. The van der Waals surface area contributed by atoms with Crippen LogP contribution < -0.4 is 4.90 Å². The maximum atomic E-state index is 12.5. The maximum absolute atomic E-state index is 12.5. The van der Waals surface area contributed by atoms with Crippen molar-refractivity contribution in [2.45, 2.75) is 0 Å². The van der Waals surface area contributed by atoms with Gasteiger partial charge in [0, 0.05) is 46.5 Å². The van der Waals surface area contributed by atoms with Crippen LogP contribution in [-0.2, 0) is 4.79 Å². The molecule has 0 spiro atoms. The lowest BCUT2D eigenvalue weighted by molar-refractivity contribution is -0.119. The molecule has 1 saturated heterocycles. The number of rotatable bonds is 3. The number of hydrogen-bond acceptors (Lipinski definition) is 4. The highest BCUT2D eigenvalue weighted by atomic mass is 16.2. The van der Waals surface area contributed by atoms with Crippen LogP contribution in [0.4, 0.5) is 5.82 Å². The molecule has 19 heavy (non-hydrogen) atoms. The molecule has 6 nitrogen and oxygen atoms in total. The van der Waals surface area contributed by atoms with Gasteiger partial charge in [0.1, 0.15) is 5.82 Å². The first-order valence-corrected chi connectivity index (χ1v) is 6.24. The third-order valence-electron chi connectivity index (χ3n) is 3.19. The lowest BCUT2D eigenvalue weighted by Gasteiger charge is -2.33. The molecule has 0 aliphatic carbocycles. The van der Waals surface area contributed by atoms with E-state index in [2.05, 4.69) is 4.98 Å². The molecule has 2 rings (SSSR count). The highest BCUT2D eigenvalue weighted by molar-refractivity contribution is 5.98. The molecule has 0 radical (unpaired) electrons. The first-order chi connectivity index (χ1) is 9.13. The summed E-state index contributed by atoms with van der Waals surface area (Å²) in [5.41, 5.74) is 0.604. The summed E-state index contributed by atoms with van der Waals surface area (Å²) in [6.07, 6.45) is 2.51. The third-order valence-corrected chi connectivity index (χ3v) is 3.19. The van der Waals surface area contributed by atoms with Crippen LogP contribution in [0.25, 0.3) is 0 Å². The molecule has 1 fully saturated rings. The SMILES string of the molecule is CN(C)c1ncccc1C(=O)N1CCN(C=O)CC1. The van der Waals surface area contributed by atoms with Gasteiger partial charge >= 0.3 is 0 Å². The first kappa shape index (κ1) is 13.3. The number of anilines is 1. The van der Waals surface area contributed by atoms with Crippen molar-refractivity contribution in [3.63, 3.8) is 0 Å². The van der Waals surface area contributed by atoms with Crippen LogP contribution in [0.3, 0.4) is 0 Å². The molecule has 0 aromatic carbocycles. The van der Waals surface area contributed by atoms with Crippen molar-refractivity contribution >= 4 is 18.1 Å². The second-order valence-corrected chi connectivity index (χ2v) is 4.70. The van der Waals surface area contributed by atoms with Crippen LogP contribution in [0.2, 0.25) is 0 Å². The topological polar surface area (TPSA) is 56.8 Å². The van der Waals surface area contributed by atoms with E-state index in [0.717, 1.165) is 6.41 Å². The molecule has 2 heterocycles. The number of carbonyl (C=O) groups is 2. The fraction of sp³-hybridized carbons (Fsp3) is 0.462. The fourth-order valence-electron chi connectivity index (χ4n) is 2.12. The minimum absolute atomic E-state index is 0.0256. The molecule has 6 heteroatoms. The van der Waals surface area contributed by atoms with E-state index in [9.17, 15) is 9.59 Å². The van der Waals surface area contributed by atoms with Crippen molar-refractivity contribution in [3.8, 4) is 0 Å². The average Bonchev–Trinajstić information content (AvgIpc) is 2.46. The zero-order valence-corrected chi connectivity index (χ0v) is 11.2. The van der Waals surface area contributed by atoms with E-state index in [1.54, 1.807) is 28.1 Å². The van der Waals surface area contributed by atoms with E-state index < -0.39 is 0 Å². The highest BCUT2D eigenvalue weighted by Crippen LogP contribution is 2.17. The molecule has 0 N–H and O–H groups in total. The second-order valence-electron chi connectivity index (χ2n) is 4.70. The van der Waals surface area contributed by atoms with Gasteiger partial charge in [0.2, 0.25) is 6.41 Å². The number of carbonyl (C=O) groups excluding carboxylic acids is 2. The number of pyridine rings is 1. The second kappa shape index (κ2) is 5.69. The van der Waals surface area contributed by atoms with Crippen molar-refractivity contribution in [2.24, 2.45) is 0 Å². The predicted molar refractivity (Wildman–Crippen MR) is 72.1 cm³/mol. The summed E-state index contributed by atoms with van der Waals surface area (Å²) >= 11 is 0. The third kappa shape index (κ3) is 2.83. The zero-order chi connectivity index (χ0) is 13.8. The quantitative estimate of drug-likeness (QED) is 0.723. The van der Waals surface area contributed by atoms with Gasteiger partial charge in [-0.25, -0.2) is 4.98 Å². The molecule has 0 atom stereocenters. The van der Waals surface area contributed by atoms with Gasteiger partial charge in [0.15, 0.2) is 0 Å². The summed E-state index contributed by atoms with van der Waals surface area (Å²) in [4.78, 5) is 32.6. The normalized spacial score (nSPS) is 15.3. The van der Waals surface area contributed by atoms with Crippen molar-refractivity contribution < 1.29 is 9.59 Å². The first-order valence-electron chi connectivity index (χ1n) is 6.24. The van der Waals surface area contributed by atoms with Crippen LogP contribution in [0.1, 0.15) is 10.4 Å². The highest BCUT2D eigenvalue weighted by Gasteiger charge is 2.23. The lowest BCUT2D eigenvalue weighted by atomic mass is 10.2. The Morgan fingerprint density at radius 3 is 2.58 bits per heavy atom. The Labute approximate surface area is 112 Å². The monoisotopic (exact) mass is 262 g/mol. The number of hydrogen-bond donors (Lipinski definition) is 0. The number of nitrogens with zero attached hydrogens (tertiary/aromatic N) is 4. The Morgan fingerprint density at radius 2 is 2.00 bits per heavy atom. The molecule has 2 amide bonds. The van der Waals surface area contributed by atoms with Crippen molar-refractivity contribution in [1.82, 2.24) is 14.8 Å². The van der Waals surface area contributed by atoms with E-state index in [4.69, 9.17) is 0 Å². The van der Waals surface area contributed by atoms with Crippen LogP contribution in [0.15, 0.2) is 18.3 Å². The minimum Gasteiger partial charge on any atom is -0.362 e. The summed E-state index contributed by atoms with van der Waals surface area (Å²) in [5, 5.41) is 0. The van der Waals surface area contributed by atoms with Gasteiger partial charge in [-0.15, -0.1) is 0 Å². The van der Waals surface area contributed by atoms with E-state index in [1.807, 2.05) is 19.0 Å². The molecule has 0 unspecified atom stereocenters. The Bertz CT molecular complexity index is 467. The van der Waals surface area contributed by atoms with Gasteiger partial charge in [-0.1, -0.05) is 0 Å². The Hall–Kier alpha value is -2.11. The van der Waals surface area contributed by atoms with Crippen molar-refractivity contribution in [2.75, 3.05) is 45.2 Å². The Balaban J connectivity index is 2.14. The fourth-order valence-corrected chi connectivity index (χ4v) is 2.12. The van der Waals surface area contributed by atoms with Crippen molar-refractivity contribution in [3.05, 3.63) is 23.9 Å². The minimum atomic E-state index is -0.0256. The van der Waals surface area contributed by atoms with Gasteiger partial charge in [0.25, 0.3) is 5.91 Å². The molecule has 0 saturated carbocycles. The zero-order valence-electron chi connectivity index (χ0n) is 11.2. The van der Waals surface area contributed by atoms with E-state index >= 15 is 0 Å². The number of amides is 2. The molecular formula is C13H18N4O2. The van der Waals surface area contributed by atoms with E-state index in [1.165, 1.54) is 0 Å². The van der Waals surface area contributed by atoms with Gasteiger partial charge in [-0.2, -0.15) is 0 Å². The largest absolute Gasteiger partial charge is 0.362 e. The van der Waals surface area contributed by atoms with Gasteiger partial charge in [-0.05, 0) is 12.1 Å². The molecule has 0 bridgehead atoms. The van der Waals surface area contributed by atoms with Crippen LogP contribution in [-0.4, -0.2) is 67.4 Å². The van der Waals surface area contributed by atoms with Gasteiger partial charge in [0.05, 0.1) is 5.56 Å². The van der Waals surface area contributed by atoms with E-state index in [0.29, 0.717) is 37.6 Å². The summed E-state index contributed by atoms with van der Waals surface area (Å²) in [7, 11) is 3.73. The van der Waals surface area contributed by atoms with Gasteiger partial charge in [-0.3, -0.25) is 9.59 Å². The molecule has 1 aliphatic rings. The Kier molecular flexibility index (Phi) is 3.99. The standard InChI is InChI=1S/C13H18N4O2/c1-15(2)12-11(4-3-5-14-12)13(19)17-8-6-16(10-18)7-9-17/h3-5,10H,6-9H2,1-2H3. The predicted octanol–water partition coefficient (Wildman–Crippen LogP) is 0.0618. The number of piperazine rings is 1. The van der Waals surface area contributed by atoms with Gasteiger partial charge < -0.3 is 14.7 Å². The molecule has 1 aliphatic heterocycles. The summed E-state index contributed by atoms with van der Waals surface area (Å²) in [5.74, 6) is 0.646. The average molecular weight is 262 g/mol. The smallest absolute Gasteiger partial charge is 0.257 e. The Morgan fingerprint density at radius 1 is 1.32 bits per heavy atom. The van der Waals surface area contributed by atoms with Crippen LogP contribution in [0.5, 0.6) is 0 Å². The number of aromatic nitrogens is 1. The van der Waals surface area contributed by atoms with Crippen LogP contribution >= 0.6 is 0 Å². The summed E-state index contributed by atoms with van der Waals surface area (Å²) < 4.78 is 0.